The summed E-state index contributed by atoms with van der Waals surface area (Å²) in [5.74, 6) is 0.991. The van der Waals surface area contributed by atoms with Crippen LogP contribution in [0.25, 0.3) is 0 Å². The molecular formula is C20H28N4O2S3. The lowest BCUT2D eigenvalue weighted by Crippen LogP contribution is -2.49. The van der Waals surface area contributed by atoms with Gasteiger partial charge in [0.25, 0.3) is 0 Å². The fourth-order valence-electron chi connectivity index (χ4n) is 2.24. The maximum Gasteiger partial charge on any atom is 0.321 e. The van der Waals surface area contributed by atoms with Gasteiger partial charge < -0.3 is 5.32 Å². The van der Waals surface area contributed by atoms with E-state index < -0.39 is 16.8 Å². The van der Waals surface area contributed by atoms with Gasteiger partial charge in [-0.1, -0.05) is 73.0 Å². The van der Waals surface area contributed by atoms with E-state index >= 15 is 0 Å². The van der Waals surface area contributed by atoms with Crippen molar-refractivity contribution >= 4 is 46.8 Å². The smallest absolute Gasteiger partial charge is 0.321 e. The maximum atomic E-state index is 12.2. The molecule has 6 nitrogen and oxygen atoms in total. The molecule has 1 unspecified atom stereocenters. The Labute approximate surface area is 185 Å². The van der Waals surface area contributed by atoms with E-state index in [0.717, 1.165) is 10.1 Å². The van der Waals surface area contributed by atoms with Gasteiger partial charge in [0.1, 0.15) is 0 Å². The molecule has 0 saturated carbocycles. The molecule has 0 aliphatic heterocycles. The highest BCUT2D eigenvalue weighted by Crippen LogP contribution is 2.32. The Morgan fingerprint density at radius 3 is 2.28 bits per heavy atom. The quantitative estimate of drug-likeness (QED) is 0.571. The number of aromatic nitrogens is 2. The number of thioether (sulfide) groups is 2. The number of benzene rings is 1. The molecule has 1 heterocycles. The van der Waals surface area contributed by atoms with Crippen molar-refractivity contribution < 1.29 is 9.59 Å². The summed E-state index contributed by atoms with van der Waals surface area (Å²) in [6, 6.07) is 8.13. The number of nitrogens with one attached hydrogen (secondary N) is 2. The summed E-state index contributed by atoms with van der Waals surface area (Å²) in [6.07, 6.45) is 0. The van der Waals surface area contributed by atoms with Crippen molar-refractivity contribution in [1.82, 2.24) is 20.8 Å². The highest BCUT2D eigenvalue weighted by molar-refractivity contribution is 8.03. The molecule has 9 heteroatoms. The first-order valence-electron chi connectivity index (χ1n) is 9.38. The van der Waals surface area contributed by atoms with Gasteiger partial charge >= 0.3 is 6.03 Å². The van der Waals surface area contributed by atoms with Crippen molar-refractivity contribution in [3.05, 3.63) is 35.4 Å². The van der Waals surface area contributed by atoms with Crippen LogP contribution in [-0.4, -0.2) is 32.9 Å². The summed E-state index contributed by atoms with van der Waals surface area (Å²) >= 11 is 4.38. The third-order valence-corrected chi connectivity index (χ3v) is 7.08. The first kappa shape index (κ1) is 23.7. The van der Waals surface area contributed by atoms with Crippen molar-refractivity contribution in [2.24, 2.45) is 0 Å². The number of carbonyl (C=O) groups is 2. The molecule has 1 atom stereocenters. The van der Waals surface area contributed by atoms with Crippen molar-refractivity contribution in [3.8, 4) is 0 Å². The van der Waals surface area contributed by atoms with Crippen LogP contribution in [0, 0.1) is 0 Å². The molecule has 29 heavy (non-hydrogen) atoms. The molecule has 0 bridgehead atoms. The van der Waals surface area contributed by atoms with Crippen molar-refractivity contribution in [2.75, 3.05) is 0 Å². The zero-order valence-corrected chi connectivity index (χ0v) is 20.1. The van der Waals surface area contributed by atoms with Crippen LogP contribution < -0.4 is 10.6 Å². The lowest BCUT2D eigenvalue weighted by molar-refractivity contribution is -0.119. The van der Waals surface area contributed by atoms with Crippen LogP contribution in [0.2, 0.25) is 0 Å². The number of carbonyl (C=O) groups excluding carboxylic acids is 2. The van der Waals surface area contributed by atoms with Crippen molar-refractivity contribution in [3.63, 3.8) is 0 Å². The summed E-state index contributed by atoms with van der Waals surface area (Å²) in [7, 11) is 0. The molecule has 0 saturated heterocycles. The van der Waals surface area contributed by atoms with Crippen LogP contribution in [0.15, 0.2) is 32.9 Å². The van der Waals surface area contributed by atoms with E-state index in [1.54, 1.807) is 18.7 Å². The topological polar surface area (TPSA) is 84.0 Å². The van der Waals surface area contributed by atoms with Crippen molar-refractivity contribution in [2.45, 2.75) is 72.7 Å². The number of hydrogen-bond acceptors (Lipinski definition) is 7. The summed E-state index contributed by atoms with van der Waals surface area (Å²) in [4.78, 5) is 24.0. The Morgan fingerprint density at radius 1 is 1.07 bits per heavy atom. The van der Waals surface area contributed by atoms with Crippen LogP contribution >= 0.6 is 34.9 Å². The Bertz CT molecular complexity index is 829. The predicted molar refractivity (Wildman–Crippen MR) is 122 cm³/mol. The molecule has 0 aliphatic rings. The molecule has 2 rings (SSSR count). The normalized spacial score (nSPS) is 12.7. The number of rotatable bonds is 7. The van der Waals surface area contributed by atoms with E-state index in [0.29, 0.717) is 10.3 Å². The molecule has 158 valence electrons. The minimum Gasteiger partial charge on any atom is -0.333 e. The van der Waals surface area contributed by atoms with E-state index in [1.807, 2.05) is 20.8 Å². The maximum absolute atomic E-state index is 12.2. The molecule has 0 radical (unpaired) electrons. The Kier molecular flexibility index (Phi) is 8.54. The molecule has 0 spiro atoms. The predicted octanol–water partition coefficient (Wildman–Crippen LogP) is 5.06. The molecule has 3 amide bonds. The molecular weight excluding hydrogens is 424 g/mol. The Morgan fingerprint density at radius 2 is 1.69 bits per heavy atom. The number of urea groups is 1. The fraction of sp³-hybridized carbons (Fsp3) is 0.500. The molecule has 0 aliphatic carbocycles. The van der Waals surface area contributed by atoms with E-state index in [4.69, 9.17) is 0 Å². The lowest BCUT2D eigenvalue weighted by Gasteiger charge is -2.20. The Balaban J connectivity index is 1.83. The lowest BCUT2D eigenvalue weighted by atomic mass is 10.0. The van der Waals surface area contributed by atoms with Gasteiger partial charge in [-0.05, 0) is 44.7 Å². The van der Waals surface area contributed by atoms with Crippen LogP contribution in [0.3, 0.4) is 0 Å². The second kappa shape index (κ2) is 10.4. The summed E-state index contributed by atoms with van der Waals surface area (Å²) in [6.45, 7) is 11.7. The van der Waals surface area contributed by atoms with Crippen LogP contribution in [0.1, 0.15) is 58.6 Å². The second-order valence-electron chi connectivity index (χ2n) is 7.97. The van der Waals surface area contributed by atoms with Crippen LogP contribution in [0.4, 0.5) is 4.79 Å². The molecule has 2 aromatic rings. The highest BCUT2D eigenvalue weighted by atomic mass is 32.2. The fourth-order valence-corrected chi connectivity index (χ4v) is 5.36. The average Bonchev–Trinajstić information content (AvgIpc) is 3.05. The number of hydrogen-bond donors (Lipinski definition) is 2. The standard InChI is InChI=1S/C20H28N4O2S3/c1-12(2)15-9-7-14(8-10-15)11-27-18-23-24-19(29-18)28-13(3)16(25)21-17(26)22-20(4,5)6/h7-10,12-13H,11H2,1-6H3,(H2,21,22,25,26). The van der Waals surface area contributed by atoms with Gasteiger partial charge in [-0.2, -0.15) is 0 Å². The summed E-state index contributed by atoms with van der Waals surface area (Å²) in [5.41, 5.74) is 2.17. The third-order valence-electron chi connectivity index (χ3n) is 3.77. The van der Waals surface area contributed by atoms with Gasteiger partial charge in [-0.3, -0.25) is 10.1 Å². The number of imide groups is 1. The molecule has 0 fully saturated rings. The Hall–Kier alpha value is -1.58. The van der Waals surface area contributed by atoms with Crippen LogP contribution in [-0.2, 0) is 10.5 Å². The first-order chi connectivity index (χ1) is 13.5. The largest absolute Gasteiger partial charge is 0.333 e. The third kappa shape index (κ3) is 8.36. The van der Waals surface area contributed by atoms with Gasteiger partial charge in [0.15, 0.2) is 8.68 Å². The van der Waals surface area contributed by atoms with E-state index in [1.165, 1.54) is 34.2 Å². The van der Waals surface area contributed by atoms with Gasteiger partial charge in [-0.15, -0.1) is 10.2 Å². The minimum atomic E-state index is -0.494. The van der Waals surface area contributed by atoms with Gasteiger partial charge in [0.05, 0.1) is 5.25 Å². The van der Waals surface area contributed by atoms with Crippen molar-refractivity contribution in [1.29, 1.82) is 0 Å². The first-order valence-corrected chi connectivity index (χ1v) is 12.1. The zero-order chi connectivity index (χ0) is 21.6. The van der Waals surface area contributed by atoms with Gasteiger partial charge in [0.2, 0.25) is 5.91 Å². The minimum absolute atomic E-state index is 0.355. The average molecular weight is 453 g/mol. The summed E-state index contributed by atoms with van der Waals surface area (Å²) < 4.78 is 1.57. The number of amides is 3. The van der Waals surface area contributed by atoms with E-state index in [2.05, 4.69) is 58.9 Å². The second-order valence-corrected chi connectivity index (χ2v) is 11.8. The van der Waals surface area contributed by atoms with Gasteiger partial charge in [-0.25, -0.2) is 4.79 Å². The molecule has 1 aromatic heterocycles. The summed E-state index contributed by atoms with van der Waals surface area (Å²) in [5, 5.41) is 13.0. The monoisotopic (exact) mass is 452 g/mol. The molecule has 1 aromatic carbocycles. The van der Waals surface area contributed by atoms with E-state index in [-0.39, 0.29) is 5.91 Å². The highest BCUT2D eigenvalue weighted by Gasteiger charge is 2.21. The SMILES string of the molecule is CC(Sc1nnc(SCc2ccc(C(C)C)cc2)s1)C(=O)NC(=O)NC(C)(C)C. The van der Waals surface area contributed by atoms with Gasteiger partial charge in [0, 0.05) is 11.3 Å². The number of nitrogens with zero attached hydrogens (tertiary/aromatic N) is 2. The van der Waals surface area contributed by atoms with Crippen LogP contribution in [0.5, 0.6) is 0 Å². The molecule has 2 N–H and O–H groups in total. The zero-order valence-electron chi connectivity index (χ0n) is 17.6. The van der Waals surface area contributed by atoms with E-state index in [9.17, 15) is 9.59 Å².